The van der Waals surface area contributed by atoms with Gasteiger partial charge in [-0.3, -0.25) is 9.59 Å². The molecule has 0 amide bonds. The minimum absolute atomic E-state index is 0.139. The first-order chi connectivity index (χ1) is 10.4. The summed E-state index contributed by atoms with van der Waals surface area (Å²) < 4.78 is 5.08. The average Bonchev–Trinajstić information content (AvgIpc) is 2.48. The van der Waals surface area contributed by atoms with Crippen molar-refractivity contribution in [2.75, 3.05) is 6.61 Å². The number of aliphatic carboxylic acids is 1. The highest BCUT2D eigenvalue weighted by Gasteiger charge is 2.55. The summed E-state index contributed by atoms with van der Waals surface area (Å²) >= 11 is 5.91. The van der Waals surface area contributed by atoms with Crippen molar-refractivity contribution in [3.8, 4) is 0 Å². The lowest BCUT2D eigenvalue weighted by atomic mass is 9.64. The number of ether oxygens (including phenoxy) is 1. The van der Waals surface area contributed by atoms with E-state index in [1.165, 1.54) is 0 Å². The van der Waals surface area contributed by atoms with E-state index >= 15 is 0 Å². The highest BCUT2D eigenvalue weighted by molar-refractivity contribution is 6.30. The predicted molar refractivity (Wildman–Crippen MR) is 83.9 cm³/mol. The van der Waals surface area contributed by atoms with Crippen molar-refractivity contribution in [2.45, 2.75) is 32.6 Å². The first kappa shape index (κ1) is 16.6. The minimum atomic E-state index is -1.58. The van der Waals surface area contributed by atoms with Crippen LogP contribution in [0.2, 0.25) is 5.02 Å². The van der Waals surface area contributed by atoms with Crippen LogP contribution in [0.5, 0.6) is 0 Å². The molecule has 0 aromatic heterocycles. The molecule has 0 saturated carbocycles. The van der Waals surface area contributed by atoms with Crippen LogP contribution in [-0.2, 0) is 14.3 Å². The molecule has 2 rings (SSSR count). The molecule has 0 spiro atoms. The fraction of sp³-hybridized carbons (Fsp3) is 0.412. The summed E-state index contributed by atoms with van der Waals surface area (Å²) in [5, 5.41) is 10.4. The number of benzene rings is 1. The number of rotatable bonds is 4. The van der Waals surface area contributed by atoms with Gasteiger partial charge in [-0.25, -0.2) is 0 Å². The Balaban J connectivity index is 2.54. The van der Waals surface area contributed by atoms with Crippen LogP contribution in [0.25, 0.3) is 0 Å². The second-order valence-electron chi connectivity index (χ2n) is 5.56. The van der Waals surface area contributed by atoms with Gasteiger partial charge in [-0.1, -0.05) is 35.4 Å². The molecule has 0 aliphatic heterocycles. The second-order valence-corrected chi connectivity index (χ2v) is 6.00. The molecule has 2 atom stereocenters. The minimum Gasteiger partial charge on any atom is -0.480 e. The summed E-state index contributed by atoms with van der Waals surface area (Å²) in [5.41, 5.74) is 0.275. The Kier molecular flexibility index (Phi) is 4.91. The zero-order chi connectivity index (χ0) is 16.3. The molecule has 5 heteroatoms. The third kappa shape index (κ3) is 2.88. The van der Waals surface area contributed by atoms with Crippen LogP contribution >= 0.6 is 11.6 Å². The molecule has 0 heterocycles. The number of hydrogen-bond donors (Lipinski definition) is 1. The van der Waals surface area contributed by atoms with Gasteiger partial charge in [0, 0.05) is 10.9 Å². The molecule has 1 aromatic rings. The SMILES string of the molecule is CCOC(=O)[C@@]1(C(=O)O)CC=C(C)C[C@@H]1c1ccc(Cl)cc1. The van der Waals surface area contributed by atoms with E-state index in [0.29, 0.717) is 11.4 Å². The van der Waals surface area contributed by atoms with Crippen molar-refractivity contribution >= 4 is 23.5 Å². The Morgan fingerprint density at radius 1 is 1.36 bits per heavy atom. The maximum absolute atomic E-state index is 12.5. The van der Waals surface area contributed by atoms with Crippen molar-refractivity contribution in [1.29, 1.82) is 0 Å². The number of allylic oxidation sites excluding steroid dienone is 2. The molecule has 118 valence electrons. The first-order valence-corrected chi connectivity index (χ1v) is 7.61. The average molecular weight is 323 g/mol. The summed E-state index contributed by atoms with van der Waals surface area (Å²) in [6.45, 7) is 3.78. The summed E-state index contributed by atoms with van der Waals surface area (Å²) in [5.74, 6) is -2.29. The highest BCUT2D eigenvalue weighted by atomic mass is 35.5. The molecule has 0 unspecified atom stereocenters. The lowest BCUT2D eigenvalue weighted by Crippen LogP contribution is -2.47. The van der Waals surface area contributed by atoms with Crippen LogP contribution in [-0.4, -0.2) is 23.7 Å². The molecular formula is C17H19ClO4. The zero-order valence-electron chi connectivity index (χ0n) is 12.6. The predicted octanol–water partition coefficient (Wildman–Crippen LogP) is 3.80. The van der Waals surface area contributed by atoms with Crippen LogP contribution in [0.4, 0.5) is 0 Å². The van der Waals surface area contributed by atoms with Crippen molar-refractivity contribution in [1.82, 2.24) is 0 Å². The molecule has 1 aromatic carbocycles. The van der Waals surface area contributed by atoms with E-state index in [9.17, 15) is 14.7 Å². The third-order valence-corrected chi connectivity index (χ3v) is 4.44. The summed E-state index contributed by atoms with van der Waals surface area (Å²) in [6.07, 6.45) is 2.46. The first-order valence-electron chi connectivity index (χ1n) is 7.23. The molecule has 0 fully saturated rings. The smallest absolute Gasteiger partial charge is 0.324 e. The van der Waals surface area contributed by atoms with Crippen LogP contribution < -0.4 is 0 Å². The van der Waals surface area contributed by atoms with Gasteiger partial charge >= 0.3 is 11.9 Å². The van der Waals surface area contributed by atoms with Crippen LogP contribution in [0, 0.1) is 5.41 Å². The Hall–Kier alpha value is -1.81. The monoisotopic (exact) mass is 322 g/mol. The van der Waals surface area contributed by atoms with Crippen molar-refractivity contribution < 1.29 is 19.4 Å². The Morgan fingerprint density at radius 3 is 2.55 bits per heavy atom. The quantitative estimate of drug-likeness (QED) is 0.520. The van der Waals surface area contributed by atoms with E-state index in [4.69, 9.17) is 16.3 Å². The number of halogens is 1. The standard InChI is InChI=1S/C17H19ClO4/c1-3-22-16(21)17(15(19)20)9-8-11(2)10-14(17)12-4-6-13(18)7-5-12/h4-8,14H,3,9-10H2,1-2H3,(H,19,20)/t14-,17+/m1/s1. The third-order valence-electron chi connectivity index (χ3n) is 4.19. The van der Waals surface area contributed by atoms with Gasteiger partial charge < -0.3 is 9.84 Å². The Morgan fingerprint density at radius 2 is 2.00 bits per heavy atom. The second kappa shape index (κ2) is 6.53. The van der Waals surface area contributed by atoms with Crippen molar-refractivity contribution in [2.24, 2.45) is 5.41 Å². The van der Waals surface area contributed by atoms with Gasteiger partial charge in [0.1, 0.15) is 0 Å². The van der Waals surface area contributed by atoms with Gasteiger partial charge in [-0.2, -0.15) is 0 Å². The van der Waals surface area contributed by atoms with E-state index in [1.54, 1.807) is 31.2 Å². The van der Waals surface area contributed by atoms with E-state index in [2.05, 4.69) is 0 Å². The topological polar surface area (TPSA) is 63.6 Å². The highest BCUT2D eigenvalue weighted by Crippen LogP contribution is 2.48. The van der Waals surface area contributed by atoms with E-state index in [-0.39, 0.29) is 13.0 Å². The number of esters is 1. The number of carboxylic acids is 1. The van der Waals surface area contributed by atoms with Gasteiger partial charge in [0.2, 0.25) is 0 Å². The molecule has 4 nitrogen and oxygen atoms in total. The largest absolute Gasteiger partial charge is 0.480 e. The van der Waals surface area contributed by atoms with Gasteiger partial charge in [0.05, 0.1) is 6.61 Å². The molecule has 0 radical (unpaired) electrons. The summed E-state index contributed by atoms with van der Waals surface area (Å²) in [4.78, 5) is 24.5. The molecule has 0 bridgehead atoms. The molecule has 1 N–H and O–H groups in total. The normalized spacial score (nSPS) is 24.5. The molecular weight excluding hydrogens is 304 g/mol. The summed E-state index contributed by atoms with van der Waals surface area (Å²) in [6, 6.07) is 6.98. The Labute approximate surface area is 134 Å². The molecule has 1 aliphatic carbocycles. The number of hydrogen-bond acceptors (Lipinski definition) is 3. The maximum Gasteiger partial charge on any atom is 0.324 e. The maximum atomic E-state index is 12.5. The lowest BCUT2D eigenvalue weighted by molar-refractivity contribution is -0.171. The Bertz CT molecular complexity index is 606. The lowest BCUT2D eigenvalue weighted by Gasteiger charge is -2.38. The van der Waals surface area contributed by atoms with E-state index in [1.807, 2.05) is 13.0 Å². The number of carbonyl (C=O) groups is 2. The summed E-state index contributed by atoms with van der Waals surface area (Å²) in [7, 11) is 0. The van der Waals surface area contributed by atoms with Crippen molar-refractivity contribution in [3.63, 3.8) is 0 Å². The van der Waals surface area contributed by atoms with E-state index < -0.39 is 23.3 Å². The van der Waals surface area contributed by atoms with Crippen molar-refractivity contribution in [3.05, 3.63) is 46.5 Å². The van der Waals surface area contributed by atoms with Gasteiger partial charge in [-0.15, -0.1) is 0 Å². The molecule has 1 aliphatic rings. The van der Waals surface area contributed by atoms with Crippen LogP contribution in [0.3, 0.4) is 0 Å². The fourth-order valence-electron chi connectivity index (χ4n) is 2.96. The van der Waals surface area contributed by atoms with E-state index in [0.717, 1.165) is 11.1 Å². The van der Waals surface area contributed by atoms with Gasteiger partial charge in [0.25, 0.3) is 0 Å². The number of carboxylic acid groups (broad SMARTS) is 1. The number of carbonyl (C=O) groups excluding carboxylic acids is 1. The van der Waals surface area contributed by atoms with Crippen LogP contribution in [0.15, 0.2) is 35.9 Å². The van der Waals surface area contributed by atoms with Crippen LogP contribution in [0.1, 0.15) is 38.2 Å². The zero-order valence-corrected chi connectivity index (χ0v) is 13.4. The molecule has 0 saturated heterocycles. The van der Waals surface area contributed by atoms with Gasteiger partial charge in [0.15, 0.2) is 5.41 Å². The van der Waals surface area contributed by atoms with Gasteiger partial charge in [-0.05, 0) is 44.4 Å². The molecule has 22 heavy (non-hydrogen) atoms. The fourth-order valence-corrected chi connectivity index (χ4v) is 3.09.